The average Bonchev–Trinajstić information content (AvgIpc) is 2.60. The maximum absolute atomic E-state index is 12.8. The Labute approximate surface area is 151 Å². The molecule has 1 aliphatic heterocycles. The molecule has 0 aliphatic carbocycles. The van der Waals surface area contributed by atoms with Crippen molar-refractivity contribution >= 4 is 15.9 Å². The number of nitrogens with one attached hydrogen (secondary N) is 1. The molecule has 1 heterocycles. The average molecular weight is 392 g/mol. The molecule has 1 aliphatic rings. The Morgan fingerprint density at radius 2 is 2.04 bits per heavy atom. The second kappa shape index (κ2) is 7.96. The first kappa shape index (κ1) is 20.7. The van der Waals surface area contributed by atoms with Crippen LogP contribution in [0.1, 0.15) is 45.1 Å². The van der Waals surface area contributed by atoms with E-state index in [0.29, 0.717) is 12.6 Å². The van der Waals surface area contributed by atoms with Gasteiger partial charge in [-0.15, -0.1) is 0 Å². The van der Waals surface area contributed by atoms with E-state index < -0.39 is 32.7 Å². The molecule has 1 aromatic carbocycles. The Morgan fingerprint density at radius 1 is 1.35 bits per heavy atom. The quantitative estimate of drug-likeness (QED) is 0.837. The molecular weight excluding hydrogens is 369 g/mol. The lowest BCUT2D eigenvalue weighted by atomic mass is 9.99. The monoisotopic (exact) mass is 392 g/mol. The third-order valence-corrected chi connectivity index (χ3v) is 6.09. The first-order valence-corrected chi connectivity index (χ1v) is 10.0. The van der Waals surface area contributed by atoms with Crippen LogP contribution in [0.4, 0.5) is 13.2 Å². The van der Waals surface area contributed by atoms with Crippen LogP contribution in [-0.4, -0.2) is 37.9 Å². The molecule has 146 valence electrons. The van der Waals surface area contributed by atoms with Gasteiger partial charge in [-0.3, -0.25) is 4.79 Å². The fourth-order valence-electron chi connectivity index (χ4n) is 3.15. The molecule has 5 nitrogen and oxygen atoms in total. The first-order valence-electron chi connectivity index (χ1n) is 8.56. The van der Waals surface area contributed by atoms with Crippen molar-refractivity contribution in [1.29, 1.82) is 0 Å². The lowest BCUT2D eigenvalue weighted by molar-refractivity contribution is -0.138. The van der Waals surface area contributed by atoms with Crippen LogP contribution < -0.4 is 4.72 Å². The van der Waals surface area contributed by atoms with Gasteiger partial charge in [0.25, 0.3) is 0 Å². The van der Waals surface area contributed by atoms with Gasteiger partial charge in [-0.25, -0.2) is 8.42 Å². The lowest BCUT2D eigenvalue weighted by Gasteiger charge is -2.37. The SMILES string of the molecule is CCC1CCCCN1C(=O)C(C)NS(=O)(=O)c1cccc(C(F)(F)F)c1. The molecule has 26 heavy (non-hydrogen) atoms. The number of amides is 1. The predicted octanol–water partition coefficient (Wildman–Crippen LogP) is 3.16. The van der Waals surface area contributed by atoms with Gasteiger partial charge in [0.05, 0.1) is 16.5 Å². The normalized spacial score (nSPS) is 20.0. The summed E-state index contributed by atoms with van der Waals surface area (Å²) in [5.41, 5.74) is -1.05. The minimum atomic E-state index is -4.64. The van der Waals surface area contributed by atoms with Gasteiger partial charge in [-0.05, 0) is 50.8 Å². The van der Waals surface area contributed by atoms with Gasteiger partial charge in [0.2, 0.25) is 15.9 Å². The molecule has 1 N–H and O–H groups in total. The van der Waals surface area contributed by atoms with Crippen LogP contribution >= 0.6 is 0 Å². The summed E-state index contributed by atoms with van der Waals surface area (Å²) >= 11 is 0. The maximum Gasteiger partial charge on any atom is 0.416 e. The molecule has 9 heteroatoms. The summed E-state index contributed by atoms with van der Waals surface area (Å²) in [6.45, 7) is 3.94. The first-order chi connectivity index (χ1) is 12.1. The summed E-state index contributed by atoms with van der Waals surface area (Å²) in [4.78, 5) is 13.8. The highest BCUT2D eigenvalue weighted by Gasteiger charge is 2.33. The molecule has 1 aromatic rings. The van der Waals surface area contributed by atoms with E-state index in [2.05, 4.69) is 4.72 Å². The number of hydrogen-bond donors (Lipinski definition) is 1. The summed E-state index contributed by atoms with van der Waals surface area (Å²) < 4.78 is 65.4. The van der Waals surface area contributed by atoms with Gasteiger partial charge in [0.1, 0.15) is 0 Å². The lowest BCUT2D eigenvalue weighted by Crippen LogP contribution is -2.52. The fraction of sp³-hybridized carbons (Fsp3) is 0.588. The zero-order chi connectivity index (χ0) is 19.5. The Hall–Kier alpha value is -1.61. The van der Waals surface area contributed by atoms with E-state index in [4.69, 9.17) is 0 Å². The second-order valence-corrected chi connectivity index (χ2v) is 8.17. The number of rotatable bonds is 5. The summed E-state index contributed by atoms with van der Waals surface area (Å²) in [5, 5.41) is 0. The van der Waals surface area contributed by atoms with Crippen LogP contribution in [0.3, 0.4) is 0 Å². The van der Waals surface area contributed by atoms with Gasteiger partial charge in [-0.2, -0.15) is 17.9 Å². The highest BCUT2D eigenvalue weighted by Crippen LogP contribution is 2.30. The van der Waals surface area contributed by atoms with E-state index in [9.17, 15) is 26.4 Å². The number of benzene rings is 1. The van der Waals surface area contributed by atoms with E-state index in [-0.39, 0.29) is 11.9 Å². The van der Waals surface area contributed by atoms with Gasteiger partial charge in [-0.1, -0.05) is 13.0 Å². The molecule has 0 radical (unpaired) electrons. The highest BCUT2D eigenvalue weighted by atomic mass is 32.2. The predicted molar refractivity (Wildman–Crippen MR) is 90.9 cm³/mol. The van der Waals surface area contributed by atoms with Crippen molar-refractivity contribution in [2.75, 3.05) is 6.54 Å². The number of sulfonamides is 1. The van der Waals surface area contributed by atoms with Gasteiger partial charge in [0.15, 0.2) is 0 Å². The van der Waals surface area contributed by atoms with Crippen molar-refractivity contribution in [1.82, 2.24) is 9.62 Å². The van der Waals surface area contributed by atoms with Crippen molar-refractivity contribution in [2.24, 2.45) is 0 Å². The van der Waals surface area contributed by atoms with Gasteiger partial charge in [0, 0.05) is 12.6 Å². The number of piperidine rings is 1. The zero-order valence-corrected chi connectivity index (χ0v) is 15.5. The summed E-state index contributed by atoms with van der Waals surface area (Å²) in [7, 11) is -4.25. The molecule has 2 rings (SSSR count). The Bertz CT molecular complexity index is 750. The molecule has 2 atom stereocenters. The molecule has 1 fully saturated rings. The fourth-order valence-corrected chi connectivity index (χ4v) is 4.40. The van der Waals surface area contributed by atoms with Crippen molar-refractivity contribution < 1.29 is 26.4 Å². The molecule has 2 unspecified atom stereocenters. The number of hydrogen-bond acceptors (Lipinski definition) is 3. The topological polar surface area (TPSA) is 66.5 Å². The number of halogens is 3. The molecule has 0 bridgehead atoms. The van der Waals surface area contributed by atoms with Gasteiger partial charge < -0.3 is 4.90 Å². The molecular formula is C17H23F3N2O3S. The van der Waals surface area contributed by atoms with E-state index >= 15 is 0 Å². The standard InChI is InChI=1S/C17H23F3N2O3S/c1-3-14-8-4-5-10-22(14)16(23)12(2)21-26(24,25)15-9-6-7-13(11-15)17(18,19)20/h6-7,9,11-12,14,21H,3-5,8,10H2,1-2H3. The van der Waals surface area contributed by atoms with E-state index in [1.54, 1.807) is 4.90 Å². The summed E-state index contributed by atoms with van der Waals surface area (Å²) in [6.07, 6.45) is -1.12. The van der Waals surface area contributed by atoms with E-state index in [0.717, 1.165) is 43.9 Å². The summed E-state index contributed by atoms with van der Waals surface area (Å²) in [6, 6.07) is 2.48. The highest BCUT2D eigenvalue weighted by molar-refractivity contribution is 7.89. The smallest absolute Gasteiger partial charge is 0.338 e. The number of likely N-dealkylation sites (tertiary alicyclic amines) is 1. The minimum Gasteiger partial charge on any atom is -0.338 e. The number of nitrogens with zero attached hydrogens (tertiary/aromatic N) is 1. The third-order valence-electron chi connectivity index (χ3n) is 4.56. The third kappa shape index (κ3) is 4.76. The molecule has 1 amide bonds. The zero-order valence-electron chi connectivity index (χ0n) is 14.7. The Balaban J connectivity index is 2.17. The number of alkyl halides is 3. The van der Waals surface area contributed by atoms with Crippen molar-refractivity contribution in [2.45, 2.75) is 62.7 Å². The van der Waals surface area contributed by atoms with Crippen molar-refractivity contribution in [3.05, 3.63) is 29.8 Å². The number of carbonyl (C=O) groups is 1. The molecule has 1 saturated heterocycles. The second-order valence-electron chi connectivity index (χ2n) is 6.46. The number of carbonyl (C=O) groups excluding carboxylic acids is 1. The van der Waals surface area contributed by atoms with Gasteiger partial charge >= 0.3 is 6.18 Å². The Kier molecular flexibility index (Phi) is 6.33. The molecule has 0 aromatic heterocycles. The van der Waals surface area contributed by atoms with Crippen LogP contribution in [-0.2, 0) is 21.0 Å². The summed E-state index contributed by atoms with van der Waals surface area (Å²) in [5.74, 6) is -0.355. The van der Waals surface area contributed by atoms with Crippen LogP contribution in [0.2, 0.25) is 0 Å². The van der Waals surface area contributed by atoms with E-state index in [1.165, 1.54) is 6.92 Å². The Morgan fingerprint density at radius 3 is 2.65 bits per heavy atom. The van der Waals surface area contributed by atoms with Crippen LogP contribution in [0, 0.1) is 0 Å². The minimum absolute atomic E-state index is 0.0664. The largest absolute Gasteiger partial charge is 0.416 e. The molecule has 0 saturated carbocycles. The van der Waals surface area contributed by atoms with Crippen LogP contribution in [0.15, 0.2) is 29.2 Å². The van der Waals surface area contributed by atoms with Crippen LogP contribution in [0.25, 0.3) is 0 Å². The molecule has 0 spiro atoms. The van der Waals surface area contributed by atoms with E-state index in [1.807, 2.05) is 6.92 Å². The van der Waals surface area contributed by atoms with Crippen molar-refractivity contribution in [3.63, 3.8) is 0 Å². The maximum atomic E-state index is 12.8. The van der Waals surface area contributed by atoms with Crippen molar-refractivity contribution in [3.8, 4) is 0 Å². The van der Waals surface area contributed by atoms with Crippen LogP contribution in [0.5, 0.6) is 0 Å².